The maximum Gasteiger partial charge on any atom is 0.417 e. The van der Waals surface area contributed by atoms with Crippen LogP contribution in [-0.2, 0) is 10.9 Å². The molecule has 2 aromatic carbocycles. The molecule has 1 saturated heterocycles. The number of hydrogen-bond acceptors (Lipinski definition) is 4. The lowest BCUT2D eigenvalue weighted by Crippen LogP contribution is -2.30. The van der Waals surface area contributed by atoms with Crippen LogP contribution in [0.25, 0.3) is 22.0 Å². The topological polar surface area (TPSA) is 65.6 Å². The van der Waals surface area contributed by atoms with Crippen molar-refractivity contribution < 1.29 is 22.7 Å². The van der Waals surface area contributed by atoms with Gasteiger partial charge in [0, 0.05) is 28.9 Å². The molecule has 0 saturated carbocycles. The number of amides is 1. The number of carbonyl (C=O) groups excluding carboxylic acids is 1. The van der Waals surface area contributed by atoms with Crippen molar-refractivity contribution in [2.45, 2.75) is 12.3 Å². The average Bonchev–Trinajstić information content (AvgIpc) is 3.06. The first-order chi connectivity index (χ1) is 14.6. The molecule has 2 heterocycles. The van der Waals surface area contributed by atoms with E-state index in [1.807, 2.05) is 19.0 Å². The average molecular weight is 431 g/mol. The molecule has 31 heavy (non-hydrogen) atoms. The molecule has 0 radical (unpaired) electrons. The predicted octanol–water partition coefficient (Wildman–Crippen LogP) is 4.10. The Morgan fingerprint density at radius 1 is 1.13 bits per heavy atom. The lowest BCUT2D eigenvalue weighted by atomic mass is 10.0. The second-order valence-electron chi connectivity index (χ2n) is 7.71. The van der Waals surface area contributed by atoms with E-state index in [4.69, 9.17) is 4.74 Å². The van der Waals surface area contributed by atoms with Crippen LogP contribution < -0.4 is 10.5 Å². The van der Waals surface area contributed by atoms with Crippen molar-refractivity contribution in [1.82, 2.24) is 9.88 Å². The highest BCUT2D eigenvalue weighted by molar-refractivity contribution is 5.94. The fourth-order valence-corrected chi connectivity index (χ4v) is 3.76. The number of alkyl halides is 3. The van der Waals surface area contributed by atoms with Crippen LogP contribution in [0.3, 0.4) is 0 Å². The molecule has 0 aliphatic carbocycles. The second kappa shape index (κ2) is 7.73. The van der Waals surface area contributed by atoms with Gasteiger partial charge in [-0.2, -0.15) is 13.2 Å². The first-order valence-electron chi connectivity index (χ1n) is 9.60. The molecule has 0 spiro atoms. The Balaban J connectivity index is 1.72. The van der Waals surface area contributed by atoms with E-state index in [2.05, 4.69) is 4.98 Å². The number of ether oxygens (including phenoxy) is 1. The first-order valence-corrected chi connectivity index (χ1v) is 9.60. The van der Waals surface area contributed by atoms with Gasteiger partial charge in [0.15, 0.2) is 0 Å². The monoisotopic (exact) mass is 431 g/mol. The highest BCUT2D eigenvalue weighted by Crippen LogP contribution is 2.36. The SMILES string of the molecule is CN(C)C[C@@H]1CN(c2ccc3cc(-c4ccccc4C(F)(F)F)[nH]c(=O)c3c2)C(=O)O1. The van der Waals surface area contributed by atoms with E-state index in [1.165, 1.54) is 29.2 Å². The third kappa shape index (κ3) is 4.13. The van der Waals surface area contributed by atoms with Crippen LogP contribution in [0.2, 0.25) is 0 Å². The highest BCUT2D eigenvalue weighted by atomic mass is 19.4. The number of hydrogen-bond donors (Lipinski definition) is 1. The van der Waals surface area contributed by atoms with Crippen molar-refractivity contribution >= 4 is 22.6 Å². The van der Waals surface area contributed by atoms with Gasteiger partial charge in [0.05, 0.1) is 12.1 Å². The van der Waals surface area contributed by atoms with Gasteiger partial charge in [0.25, 0.3) is 5.56 Å². The van der Waals surface area contributed by atoms with E-state index in [9.17, 15) is 22.8 Å². The summed E-state index contributed by atoms with van der Waals surface area (Å²) >= 11 is 0. The number of likely N-dealkylation sites (N-methyl/N-ethyl adjacent to an activating group) is 1. The van der Waals surface area contributed by atoms with Crippen LogP contribution in [0.4, 0.5) is 23.7 Å². The molecule has 3 aromatic rings. The summed E-state index contributed by atoms with van der Waals surface area (Å²) in [6.07, 6.45) is -5.35. The molecule has 1 fully saturated rings. The van der Waals surface area contributed by atoms with Gasteiger partial charge in [-0.25, -0.2) is 4.79 Å². The summed E-state index contributed by atoms with van der Waals surface area (Å²) in [6, 6.07) is 11.4. The summed E-state index contributed by atoms with van der Waals surface area (Å²) in [5.41, 5.74) is -0.901. The normalized spacial score (nSPS) is 16.9. The number of aromatic amines is 1. The highest BCUT2D eigenvalue weighted by Gasteiger charge is 2.34. The number of rotatable bonds is 4. The number of fused-ring (bicyclic) bond motifs is 1. The molecular weight excluding hydrogens is 411 g/mol. The molecule has 4 rings (SSSR count). The van der Waals surface area contributed by atoms with Gasteiger partial charge in [-0.3, -0.25) is 9.69 Å². The molecule has 1 amide bonds. The van der Waals surface area contributed by atoms with Crippen molar-refractivity contribution in [3.63, 3.8) is 0 Å². The number of anilines is 1. The summed E-state index contributed by atoms with van der Waals surface area (Å²) in [4.78, 5) is 30.9. The Morgan fingerprint density at radius 3 is 2.58 bits per heavy atom. The Morgan fingerprint density at radius 2 is 1.87 bits per heavy atom. The molecule has 1 aliphatic heterocycles. The lowest BCUT2D eigenvalue weighted by molar-refractivity contribution is -0.137. The van der Waals surface area contributed by atoms with Crippen LogP contribution in [0.5, 0.6) is 0 Å². The minimum atomic E-state index is -4.55. The van der Waals surface area contributed by atoms with Gasteiger partial charge in [-0.1, -0.05) is 24.3 Å². The van der Waals surface area contributed by atoms with Gasteiger partial charge in [0.1, 0.15) is 6.10 Å². The number of aromatic nitrogens is 1. The quantitative estimate of drug-likeness (QED) is 0.676. The lowest BCUT2D eigenvalue weighted by Gasteiger charge is -2.16. The predicted molar refractivity (Wildman–Crippen MR) is 111 cm³/mol. The Hall–Kier alpha value is -3.33. The van der Waals surface area contributed by atoms with E-state index in [-0.39, 0.29) is 22.7 Å². The Labute approximate surface area is 175 Å². The number of nitrogens with zero attached hydrogens (tertiary/aromatic N) is 2. The van der Waals surface area contributed by atoms with Gasteiger partial charge in [0.2, 0.25) is 0 Å². The summed E-state index contributed by atoms with van der Waals surface area (Å²) in [7, 11) is 3.75. The summed E-state index contributed by atoms with van der Waals surface area (Å²) < 4.78 is 45.5. The maximum atomic E-state index is 13.4. The van der Waals surface area contributed by atoms with Crippen molar-refractivity contribution in [2.24, 2.45) is 0 Å². The van der Waals surface area contributed by atoms with Crippen LogP contribution in [0.1, 0.15) is 5.56 Å². The van der Waals surface area contributed by atoms with E-state index in [0.717, 1.165) is 6.07 Å². The molecule has 1 N–H and O–H groups in total. The summed E-state index contributed by atoms with van der Waals surface area (Å²) in [6.45, 7) is 0.913. The number of halogens is 3. The van der Waals surface area contributed by atoms with E-state index in [0.29, 0.717) is 24.2 Å². The van der Waals surface area contributed by atoms with Crippen molar-refractivity contribution in [3.05, 3.63) is 64.4 Å². The van der Waals surface area contributed by atoms with Crippen molar-refractivity contribution in [3.8, 4) is 11.3 Å². The minimum Gasteiger partial charge on any atom is -0.443 e. The maximum absolute atomic E-state index is 13.4. The van der Waals surface area contributed by atoms with Crippen molar-refractivity contribution in [1.29, 1.82) is 0 Å². The third-order valence-corrected chi connectivity index (χ3v) is 5.11. The van der Waals surface area contributed by atoms with Gasteiger partial charge >= 0.3 is 12.3 Å². The summed E-state index contributed by atoms with van der Waals surface area (Å²) in [5, 5.41) is 0.742. The van der Waals surface area contributed by atoms with Gasteiger partial charge in [-0.15, -0.1) is 0 Å². The smallest absolute Gasteiger partial charge is 0.417 e. The Kier molecular flexibility index (Phi) is 5.22. The zero-order chi connectivity index (χ0) is 22.3. The van der Waals surface area contributed by atoms with Crippen molar-refractivity contribution in [2.75, 3.05) is 32.1 Å². The van der Waals surface area contributed by atoms with Crippen LogP contribution >= 0.6 is 0 Å². The number of H-pyrrole nitrogens is 1. The number of benzene rings is 2. The summed E-state index contributed by atoms with van der Waals surface area (Å²) in [5.74, 6) is 0. The molecule has 162 valence electrons. The molecule has 1 atom stereocenters. The Bertz CT molecular complexity index is 1200. The molecule has 6 nitrogen and oxygen atoms in total. The molecule has 1 aliphatic rings. The van der Waals surface area contributed by atoms with Gasteiger partial charge in [-0.05, 0) is 43.7 Å². The van der Waals surface area contributed by atoms with E-state index < -0.39 is 23.4 Å². The van der Waals surface area contributed by atoms with E-state index >= 15 is 0 Å². The first kappa shape index (κ1) is 20.9. The number of cyclic esters (lactones) is 1. The largest absolute Gasteiger partial charge is 0.443 e. The second-order valence-corrected chi connectivity index (χ2v) is 7.71. The van der Waals surface area contributed by atoms with E-state index in [1.54, 1.807) is 18.2 Å². The minimum absolute atomic E-state index is 0.0739. The van der Waals surface area contributed by atoms with Crippen LogP contribution in [0.15, 0.2) is 53.3 Å². The molecule has 0 unspecified atom stereocenters. The molecule has 0 bridgehead atoms. The number of carbonyl (C=O) groups is 1. The van der Waals surface area contributed by atoms with Crippen LogP contribution in [-0.4, -0.2) is 49.3 Å². The zero-order valence-corrected chi connectivity index (χ0v) is 16.9. The molecular formula is C22H20F3N3O3. The fraction of sp³-hybridized carbons (Fsp3) is 0.273. The van der Waals surface area contributed by atoms with Crippen LogP contribution in [0, 0.1) is 0 Å². The number of nitrogens with one attached hydrogen (secondary N) is 1. The molecule has 1 aromatic heterocycles. The third-order valence-electron chi connectivity index (χ3n) is 5.11. The number of pyridine rings is 1. The standard InChI is InChI=1S/C22H20F3N3O3/c1-27(2)11-15-12-28(21(30)31-15)14-8-7-13-9-19(26-20(29)17(13)10-14)16-5-3-4-6-18(16)22(23,24)25/h3-10,15H,11-12H2,1-2H3,(H,26,29)/t15-/m1/s1. The molecule has 9 heteroatoms. The zero-order valence-electron chi connectivity index (χ0n) is 16.9. The fourth-order valence-electron chi connectivity index (χ4n) is 3.76. The van der Waals surface area contributed by atoms with Gasteiger partial charge < -0.3 is 14.6 Å².